The molecule has 0 aliphatic carbocycles. The molecule has 282 valence electrons. The molecule has 0 spiro atoms. The molecule has 0 N–H and O–H groups in total. The van der Waals surface area contributed by atoms with E-state index in [0.717, 1.165) is 0 Å². The number of nitrogens with zero attached hydrogens (tertiary/aromatic N) is 6. The monoisotopic (exact) mass is 744 g/mol. The van der Waals surface area contributed by atoms with Crippen molar-refractivity contribution in [3.8, 4) is 5.75 Å². The number of anilines is 1. The summed E-state index contributed by atoms with van der Waals surface area (Å²) in [7, 11) is -2.85. The predicted molar refractivity (Wildman–Crippen MR) is 201 cm³/mol. The highest BCUT2D eigenvalue weighted by atomic mass is 28.4. The molecule has 14 nitrogen and oxygen atoms in total. The van der Waals surface area contributed by atoms with Crippen LogP contribution in [0.25, 0.3) is 11.2 Å². The van der Waals surface area contributed by atoms with Crippen LogP contribution in [-0.4, -0.2) is 78.7 Å². The summed E-state index contributed by atoms with van der Waals surface area (Å²) in [6.45, 7) is 27.6. The van der Waals surface area contributed by atoms with Gasteiger partial charge in [-0.15, -0.1) is 0 Å². The van der Waals surface area contributed by atoms with Crippen LogP contribution < -0.4 is 9.64 Å². The first kappa shape index (κ1) is 40.3. The minimum absolute atomic E-state index is 0.0101. The van der Waals surface area contributed by atoms with Crippen LogP contribution >= 0.6 is 0 Å². The Hall–Kier alpha value is -3.45. The second-order valence-electron chi connectivity index (χ2n) is 17.2. The summed E-state index contributed by atoms with van der Waals surface area (Å²) in [6, 6.07) is 4.47. The molecule has 1 saturated heterocycles. The zero-order valence-electron chi connectivity index (χ0n) is 32.7. The lowest BCUT2D eigenvalue weighted by Gasteiger charge is -2.40. The van der Waals surface area contributed by atoms with Crippen LogP contribution in [0, 0.1) is 10.1 Å². The van der Waals surface area contributed by atoms with Gasteiger partial charge in [-0.3, -0.25) is 19.6 Å². The van der Waals surface area contributed by atoms with Gasteiger partial charge < -0.3 is 23.1 Å². The van der Waals surface area contributed by atoms with Crippen LogP contribution in [0.4, 0.5) is 16.3 Å². The van der Waals surface area contributed by atoms with E-state index in [1.807, 2.05) is 4.57 Å². The molecule has 3 aromatic rings. The van der Waals surface area contributed by atoms with Crippen LogP contribution in [0.1, 0.15) is 80.5 Å². The van der Waals surface area contributed by atoms with E-state index < -0.39 is 39.5 Å². The number of fused-ring (bicyclic) bond motifs is 1. The van der Waals surface area contributed by atoms with Gasteiger partial charge in [-0.1, -0.05) is 41.5 Å². The zero-order chi connectivity index (χ0) is 38.3. The Kier molecular flexibility index (Phi) is 11.5. The van der Waals surface area contributed by atoms with Crippen molar-refractivity contribution in [2.24, 2.45) is 0 Å². The summed E-state index contributed by atoms with van der Waals surface area (Å²) >= 11 is 0. The van der Waals surface area contributed by atoms with Gasteiger partial charge in [0.25, 0.3) is 5.69 Å². The van der Waals surface area contributed by atoms with Crippen LogP contribution in [0.5, 0.6) is 5.75 Å². The Morgan fingerprint density at radius 2 is 1.67 bits per heavy atom. The largest absolute Gasteiger partial charge is 0.497 e. The fourth-order valence-corrected chi connectivity index (χ4v) is 7.52. The number of benzene rings is 1. The molecule has 1 aliphatic heterocycles. The number of carbonyl (C=O) groups excluding carboxylic acids is 1. The Morgan fingerprint density at radius 3 is 2.24 bits per heavy atom. The number of nitro benzene ring substituents is 1. The van der Waals surface area contributed by atoms with Crippen molar-refractivity contribution in [2.45, 2.75) is 136 Å². The fourth-order valence-electron chi connectivity index (χ4n) is 5.14. The van der Waals surface area contributed by atoms with Crippen LogP contribution in [0.15, 0.2) is 30.9 Å². The van der Waals surface area contributed by atoms with Crippen LogP contribution in [-0.2, 0) is 24.9 Å². The molecule has 3 heterocycles. The Balaban J connectivity index is 1.75. The molecule has 16 heteroatoms. The number of rotatable bonds is 11. The van der Waals surface area contributed by atoms with Gasteiger partial charge in [-0.2, -0.15) is 0 Å². The molecule has 0 radical (unpaired) electrons. The zero-order valence-corrected chi connectivity index (χ0v) is 34.7. The maximum atomic E-state index is 13.8. The lowest BCUT2D eigenvalue weighted by molar-refractivity contribution is -0.385. The van der Waals surface area contributed by atoms with E-state index in [1.165, 1.54) is 24.4 Å². The summed E-state index contributed by atoms with van der Waals surface area (Å²) in [6.07, 6.45) is 1.71. The molecular formula is C35H56N6O8Si2. The van der Waals surface area contributed by atoms with Gasteiger partial charge in [0.1, 0.15) is 30.0 Å². The third kappa shape index (κ3) is 9.14. The normalized spacial score (nSPS) is 19.0. The van der Waals surface area contributed by atoms with E-state index in [2.05, 4.69) is 82.7 Å². The van der Waals surface area contributed by atoms with Crippen molar-refractivity contribution in [1.29, 1.82) is 0 Å². The molecule has 1 unspecified atom stereocenters. The first-order valence-corrected chi connectivity index (χ1v) is 23.1. The third-order valence-electron chi connectivity index (χ3n) is 10.2. The van der Waals surface area contributed by atoms with Crippen molar-refractivity contribution in [1.82, 2.24) is 19.5 Å². The SMILES string of the molecule is COc1ccc(CN(C(=O)OC(C)(C)C)c2ncnc3c2ncn3[C@H]2CC(O[Si](C)(C)C(C)(C)C)[C@@H](CO[Si](C)(C)C(C)(C)C)O2)c([N+](=O)[O-])c1. The standard InChI is InChI=1S/C35H56N6O8Si2/c1-33(2,3)48-32(42)39(19-23-15-16-24(45-10)17-25(23)41(43)44)30-29-31(37-21-36-30)40(22-38-29)28-18-26(49-51(13,14)35(7,8)9)27(47-28)20-46-50(11,12)34(4,5)6/h15-17,21-22,26-28H,18-20H2,1-14H3/t26?,27-,28-/m1/s1. The molecule has 0 bridgehead atoms. The van der Waals surface area contributed by atoms with Gasteiger partial charge in [-0.05, 0) is 69.2 Å². The fraction of sp³-hybridized carbons (Fsp3) is 0.657. The van der Waals surface area contributed by atoms with E-state index in [0.29, 0.717) is 29.9 Å². The highest BCUT2D eigenvalue weighted by molar-refractivity contribution is 6.74. The van der Waals surface area contributed by atoms with Crippen molar-refractivity contribution in [3.63, 3.8) is 0 Å². The Labute approximate surface area is 303 Å². The molecular weight excluding hydrogens is 689 g/mol. The molecule has 0 saturated carbocycles. The molecule has 51 heavy (non-hydrogen) atoms. The van der Waals surface area contributed by atoms with E-state index in [-0.39, 0.29) is 45.9 Å². The summed E-state index contributed by atoms with van der Waals surface area (Å²) in [5.41, 5.74) is -0.0693. The highest BCUT2D eigenvalue weighted by Gasteiger charge is 2.47. The van der Waals surface area contributed by atoms with Crippen molar-refractivity contribution in [2.75, 3.05) is 18.6 Å². The molecule has 1 amide bonds. The lowest BCUT2D eigenvalue weighted by atomic mass is 10.1. The molecule has 2 aromatic heterocycles. The minimum Gasteiger partial charge on any atom is -0.497 e. The molecule has 1 fully saturated rings. The number of amides is 1. The molecule has 4 rings (SSSR count). The van der Waals surface area contributed by atoms with Gasteiger partial charge in [0, 0.05) is 6.42 Å². The van der Waals surface area contributed by atoms with Crippen LogP contribution in [0.3, 0.4) is 0 Å². The maximum Gasteiger partial charge on any atom is 0.416 e. The summed E-state index contributed by atoms with van der Waals surface area (Å²) in [4.78, 5) is 40.3. The number of imidazole rings is 1. The van der Waals surface area contributed by atoms with Gasteiger partial charge >= 0.3 is 6.09 Å². The molecule has 1 aliphatic rings. The Morgan fingerprint density at radius 1 is 1.02 bits per heavy atom. The number of nitro groups is 1. The number of carbonyl (C=O) groups is 1. The third-order valence-corrected chi connectivity index (χ3v) is 19.2. The van der Waals surface area contributed by atoms with Gasteiger partial charge in [0.15, 0.2) is 33.6 Å². The summed E-state index contributed by atoms with van der Waals surface area (Å²) < 4.78 is 33.2. The van der Waals surface area contributed by atoms with Gasteiger partial charge in [-0.25, -0.2) is 19.7 Å². The second kappa shape index (κ2) is 14.5. The summed E-state index contributed by atoms with van der Waals surface area (Å²) in [5.74, 6) is 0.459. The quantitative estimate of drug-likeness (QED) is 0.106. The lowest BCUT2D eigenvalue weighted by Crippen LogP contribution is -2.48. The smallest absolute Gasteiger partial charge is 0.416 e. The van der Waals surface area contributed by atoms with Crippen molar-refractivity contribution >= 4 is 45.4 Å². The van der Waals surface area contributed by atoms with E-state index in [9.17, 15) is 14.9 Å². The average molecular weight is 745 g/mol. The minimum atomic E-state index is -2.19. The van der Waals surface area contributed by atoms with Crippen molar-refractivity contribution in [3.05, 3.63) is 46.5 Å². The van der Waals surface area contributed by atoms with E-state index in [1.54, 1.807) is 39.2 Å². The predicted octanol–water partition coefficient (Wildman–Crippen LogP) is 8.38. The Bertz CT molecular complexity index is 1730. The first-order valence-electron chi connectivity index (χ1n) is 17.3. The second-order valence-corrected chi connectivity index (χ2v) is 26.8. The van der Waals surface area contributed by atoms with Crippen LogP contribution in [0.2, 0.25) is 36.3 Å². The summed E-state index contributed by atoms with van der Waals surface area (Å²) in [5, 5.41) is 12.1. The topological polar surface area (TPSA) is 153 Å². The highest BCUT2D eigenvalue weighted by Crippen LogP contribution is 2.43. The molecule has 3 atom stereocenters. The maximum absolute atomic E-state index is 13.8. The number of aromatic nitrogens is 4. The number of methoxy groups -OCH3 is 1. The number of hydrogen-bond donors (Lipinski definition) is 0. The van der Waals surface area contributed by atoms with Gasteiger partial charge in [0.05, 0.1) is 49.2 Å². The number of ether oxygens (including phenoxy) is 3. The van der Waals surface area contributed by atoms with E-state index >= 15 is 0 Å². The average Bonchev–Trinajstić information content (AvgIpc) is 3.60. The molecule has 1 aromatic carbocycles. The van der Waals surface area contributed by atoms with Gasteiger partial charge in [0.2, 0.25) is 0 Å². The van der Waals surface area contributed by atoms with Crippen molar-refractivity contribution < 1.29 is 32.8 Å². The van der Waals surface area contributed by atoms with E-state index in [4.69, 9.17) is 23.1 Å². The first-order chi connectivity index (χ1) is 23.3. The number of hydrogen-bond acceptors (Lipinski definition) is 11.